The summed E-state index contributed by atoms with van der Waals surface area (Å²) in [7, 11) is -4.22. The van der Waals surface area contributed by atoms with Gasteiger partial charge in [0.15, 0.2) is 0 Å². The van der Waals surface area contributed by atoms with Crippen LogP contribution in [0, 0.1) is 0 Å². The van der Waals surface area contributed by atoms with Gasteiger partial charge in [-0.25, -0.2) is 0 Å². The quantitative estimate of drug-likeness (QED) is 0.512. The summed E-state index contributed by atoms with van der Waals surface area (Å²) in [5.41, 5.74) is 7.56. The molecule has 3 N–H and O–H groups in total. The number of hydrogen-bond donors (Lipinski definition) is 2. The highest BCUT2D eigenvalue weighted by Crippen LogP contribution is 2.18. The third-order valence-corrected chi connectivity index (χ3v) is 3.52. The van der Waals surface area contributed by atoms with Crippen LogP contribution in [0.3, 0.4) is 0 Å². The van der Waals surface area contributed by atoms with Crippen molar-refractivity contribution in [3.05, 3.63) is 59.7 Å². The van der Waals surface area contributed by atoms with Crippen molar-refractivity contribution in [1.82, 2.24) is 0 Å². The van der Waals surface area contributed by atoms with Gasteiger partial charge in [0, 0.05) is 5.69 Å². The van der Waals surface area contributed by atoms with Crippen molar-refractivity contribution < 1.29 is 13.0 Å². The molecule has 2 aromatic rings. The normalized spacial score (nSPS) is 11.8. The van der Waals surface area contributed by atoms with Gasteiger partial charge in [0.05, 0.1) is 0 Å². The fourth-order valence-electron chi connectivity index (χ4n) is 1.65. The van der Waals surface area contributed by atoms with Gasteiger partial charge in [-0.15, -0.1) is 0 Å². The summed E-state index contributed by atoms with van der Waals surface area (Å²) >= 11 is 0. The fourth-order valence-corrected chi connectivity index (χ4v) is 2.33. The molecule has 0 atom stereocenters. The second kappa shape index (κ2) is 5.26. The van der Waals surface area contributed by atoms with Crippen molar-refractivity contribution in [2.24, 2.45) is 0 Å². The predicted molar refractivity (Wildman–Crippen MR) is 76.0 cm³/mol. The Morgan fingerprint density at radius 3 is 2.21 bits per heavy atom. The number of nitrogen functional groups attached to an aromatic ring is 1. The second-order valence-electron chi connectivity index (χ2n) is 4.01. The highest BCUT2D eigenvalue weighted by atomic mass is 32.2. The number of benzene rings is 2. The zero-order valence-corrected chi connectivity index (χ0v) is 10.8. The van der Waals surface area contributed by atoms with Gasteiger partial charge in [-0.05, 0) is 29.3 Å². The first-order valence-electron chi connectivity index (χ1n) is 5.57. The molecule has 4 nitrogen and oxygen atoms in total. The molecule has 0 fully saturated rings. The van der Waals surface area contributed by atoms with E-state index in [0.717, 1.165) is 5.56 Å². The van der Waals surface area contributed by atoms with E-state index in [2.05, 4.69) is 0 Å². The summed E-state index contributed by atoms with van der Waals surface area (Å²) in [5, 5.41) is 0. The lowest BCUT2D eigenvalue weighted by molar-refractivity contribution is 0.483. The molecule has 0 aliphatic heterocycles. The first kappa shape index (κ1) is 13.3. The van der Waals surface area contributed by atoms with Crippen molar-refractivity contribution in [1.29, 1.82) is 0 Å². The van der Waals surface area contributed by atoms with Crippen LogP contribution in [0.5, 0.6) is 0 Å². The van der Waals surface area contributed by atoms with Crippen LogP contribution in [0.2, 0.25) is 0 Å². The first-order valence-corrected chi connectivity index (χ1v) is 7.01. The molecule has 0 aliphatic carbocycles. The Morgan fingerprint density at radius 2 is 1.58 bits per heavy atom. The Hall–Kier alpha value is -2.11. The highest BCUT2D eigenvalue weighted by molar-refractivity contribution is 7.85. The maximum atomic E-state index is 11.2. The Kier molecular flexibility index (Phi) is 3.69. The topological polar surface area (TPSA) is 80.4 Å². The SMILES string of the molecule is Nc1ccc(C=Cc2ccccc2S(=O)(=O)O)cc1. The van der Waals surface area contributed by atoms with Crippen LogP contribution in [0.15, 0.2) is 53.4 Å². The molecule has 2 aromatic carbocycles. The molecule has 2 rings (SSSR count). The van der Waals surface area contributed by atoms with E-state index >= 15 is 0 Å². The van der Waals surface area contributed by atoms with Crippen LogP contribution in [0.1, 0.15) is 11.1 Å². The maximum Gasteiger partial charge on any atom is 0.295 e. The van der Waals surface area contributed by atoms with Crippen molar-refractivity contribution in [3.63, 3.8) is 0 Å². The standard InChI is InChI=1S/C14H13NO3S/c15-13-9-6-11(7-10-13)5-8-12-3-1-2-4-14(12)19(16,17)18/h1-10H,15H2,(H,16,17,18). The van der Waals surface area contributed by atoms with Gasteiger partial charge in [-0.2, -0.15) is 8.42 Å². The molecule has 5 heteroatoms. The molecule has 19 heavy (non-hydrogen) atoms. The van der Waals surface area contributed by atoms with Crippen molar-refractivity contribution in [2.75, 3.05) is 5.73 Å². The van der Waals surface area contributed by atoms with Crippen LogP contribution in [0.25, 0.3) is 12.2 Å². The molecule has 0 unspecified atom stereocenters. The third-order valence-electron chi connectivity index (χ3n) is 2.59. The number of rotatable bonds is 3. The van der Waals surface area contributed by atoms with E-state index in [9.17, 15) is 8.42 Å². The van der Waals surface area contributed by atoms with E-state index in [1.54, 1.807) is 42.5 Å². The summed E-state index contributed by atoms with van der Waals surface area (Å²) in [5.74, 6) is 0. The second-order valence-corrected chi connectivity index (χ2v) is 5.40. The molecule has 0 saturated heterocycles. The zero-order valence-electron chi connectivity index (χ0n) is 10.0. The molecule has 0 amide bonds. The molecule has 0 saturated carbocycles. The summed E-state index contributed by atoms with van der Waals surface area (Å²) in [6.45, 7) is 0. The Balaban J connectivity index is 2.36. The van der Waals surface area contributed by atoms with Crippen molar-refractivity contribution in [3.8, 4) is 0 Å². The third kappa shape index (κ3) is 3.43. The number of anilines is 1. The maximum absolute atomic E-state index is 11.2. The molecule has 0 aromatic heterocycles. The summed E-state index contributed by atoms with van der Waals surface area (Å²) in [6, 6.07) is 13.4. The highest BCUT2D eigenvalue weighted by Gasteiger charge is 2.12. The lowest BCUT2D eigenvalue weighted by Crippen LogP contribution is -2.00. The van der Waals surface area contributed by atoms with Gasteiger partial charge in [0.25, 0.3) is 10.1 Å². The summed E-state index contributed by atoms with van der Waals surface area (Å²) in [6.07, 6.45) is 3.39. The largest absolute Gasteiger partial charge is 0.399 e. The van der Waals surface area contributed by atoms with Crippen LogP contribution in [-0.4, -0.2) is 13.0 Å². The summed E-state index contributed by atoms with van der Waals surface area (Å²) in [4.78, 5) is -0.110. The van der Waals surface area contributed by atoms with Gasteiger partial charge in [-0.1, -0.05) is 42.5 Å². The van der Waals surface area contributed by atoms with E-state index in [4.69, 9.17) is 10.3 Å². The Labute approximate surface area is 111 Å². The van der Waals surface area contributed by atoms with Crippen molar-refractivity contribution in [2.45, 2.75) is 4.90 Å². The van der Waals surface area contributed by atoms with Crippen LogP contribution < -0.4 is 5.73 Å². The van der Waals surface area contributed by atoms with Crippen LogP contribution in [0.4, 0.5) is 5.69 Å². The van der Waals surface area contributed by atoms with Gasteiger partial charge in [0.1, 0.15) is 4.90 Å². The van der Waals surface area contributed by atoms with Crippen molar-refractivity contribution >= 4 is 28.0 Å². The first-order chi connectivity index (χ1) is 8.97. The molecule has 0 bridgehead atoms. The van der Waals surface area contributed by atoms with Crippen LogP contribution in [-0.2, 0) is 10.1 Å². The van der Waals surface area contributed by atoms with E-state index in [1.807, 2.05) is 12.1 Å². The van der Waals surface area contributed by atoms with Gasteiger partial charge >= 0.3 is 0 Å². The Morgan fingerprint density at radius 1 is 0.947 bits per heavy atom. The molecular weight excluding hydrogens is 262 g/mol. The summed E-state index contributed by atoms with van der Waals surface area (Å²) < 4.78 is 31.6. The zero-order chi connectivity index (χ0) is 13.9. The van der Waals surface area contributed by atoms with Gasteiger partial charge in [-0.3, -0.25) is 4.55 Å². The van der Waals surface area contributed by atoms with Crippen LogP contribution >= 0.6 is 0 Å². The molecule has 0 spiro atoms. The lowest BCUT2D eigenvalue weighted by atomic mass is 10.1. The lowest BCUT2D eigenvalue weighted by Gasteiger charge is -2.02. The smallest absolute Gasteiger partial charge is 0.295 e. The van der Waals surface area contributed by atoms with Gasteiger partial charge in [0.2, 0.25) is 0 Å². The predicted octanol–water partition coefficient (Wildman–Crippen LogP) is 2.69. The average Bonchev–Trinajstić information content (AvgIpc) is 2.37. The fraction of sp³-hybridized carbons (Fsp3) is 0. The number of hydrogen-bond acceptors (Lipinski definition) is 3. The number of nitrogens with two attached hydrogens (primary N) is 1. The molecule has 0 aliphatic rings. The van der Waals surface area contributed by atoms with E-state index in [1.165, 1.54) is 6.07 Å². The molecular formula is C14H13NO3S. The van der Waals surface area contributed by atoms with E-state index in [0.29, 0.717) is 11.3 Å². The Bertz CT molecular complexity index is 704. The minimum atomic E-state index is -4.22. The van der Waals surface area contributed by atoms with E-state index < -0.39 is 10.1 Å². The molecule has 0 radical (unpaired) electrons. The minimum absolute atomic E-state index is 0.110. The van der Waals surface area contributed by atoms with Gasteiger partial charge < -0.3 is 5.73 Å². The average molecular weight is 275 g/mol. The minimum Gasteiger partial charge on any atom is -0.399 e. The molecule has 0 heterocycles. The molecule has 98 valence electrons. The monoisotopic (exact) mass is 275 g/mol. The van der Waals surface area contributed by atoms with E-state index in [-0.39, 0.29) is 4.90 Å².